The predicted octanol–water partition coefficient (Wildman–Crippen LogP) is 5.11. The van der Waals surface area contributed by atoms with Crippen molar-refractivity contribution in [2.75, 3.05) is 16.8 Å². The van der Waals surface area contributed by atoms with Crippen LogP contribution in [0.2, 0.25) is 0 Å². The van der Waals surface area contributed by atoms with Gasteiger partial charge < -0.3 is 0 Å². The Hall–Kier alpha value is 0.830. The summed E-state index contributed by atoms with van der Waals surface area (Å²) < 4.78 is 0. The van der Waals surface area contributed by atoms with E-state index in [1.165, 1.54) is 55.4 Å². The van der Waals surface area contributed by atoms with Gasteiger partial charge in [-0.2, -0.15) is 11.8 Å². The number of rotatable bonds is 6. The first-order valence-corrected chi connectivity index (χ1v) is 8.64. The van der Waals surface area contributed by atoms with Crippen LogP contribution in [0.5, 0.6) is 0 Å². The van der Waals surface area contributed by atoms with Crippen molar-refractivity contribution in [3.8, 4) is 0 Å². The number of halogens is 1. The molecule has 1 saturated carbocycles. The molecule has 1 fully saturated rings. The van der Waals surface area contributed by atoms with Crippen LogP contribution in [0, 0.1) is 11.3 Å². The minimum Gasteiger partial charge on any atom is -0.161 e. The van der Waals surface area contributed by atoms with Crippen LogP contribution in [-0.4, -0.2) is 16.8 Å². The Kier molecular flexibility index (Phi) is 6.68. The molecule has 1 aliphatic rings. The zero-order valence-electron chi connectivity index (χ0n) is 10.2. The summed E-state index contributed by atoms with van der Waals surface area (Å²) in [6.07, 6.45) is 8.60. The highest BCUT2D eigenvalue weighted by molar-refractivity contribution is 9.09. The molecule has 0 aromatic heterocycles. The third kappa shape index (κ3) is 4.68. The first-order valence-electron chi connectivity index (χ1n) is 6.36. The van der Waals surface area contributed by atoms with Gasteiger partial charge in [0.15, 0.2) is 0 Å². The summed E-state index contributed by atoms with van der Waals surface area (Å²) in [5.74, 6) is 3.62. The van der Waals surface area contributed by atoms with Crippen molar-refractivity contribution in [2.24, 2.45) is 11.3 Å². The lowest BCUT2D eigenvalue weighted by Gasteiger charge is -2.35. The van der Waals surface area contributed by atoms with E-state index in [4.69, 9.17) is 0 Å². The second-order valence-electron chi connectivity index (χ2n) is 5.22. The van der Waals surface area contributed by atoms with E-state index >= 15 is 0 Å². The molecule has 0 aromatic carbocycles. The molecule has 0 saturated heterocycles. The maximum absolute atomic E-state index is 3.74. The zero-order chi connectivity index (χ0) is 11.1. The van der Waals surface area contributed by atoms with Crippen LogP contribution in [-0.2, 0) is 0 Å². The van der Waals surface area contributed by atoms with E-state index < -0.39 is 0 Å². The summed E-state index contributed by atoms with van der Waals surface area (Å²) in [5, 5.41) is 1.22. The maximum atomic E-state index is 3.74. The minimum atomic E-state index is 0.635. The molecule has 0 bridgehead atoms. The van der Waals surface area contributed by atoms with Gasteiger partial charge >= 0.3 is 0 Å². The van der Waals surface area contributed by atoms with Crippen LogP contribution < -0.4 is 0 Å². The van der Waals surface area contributed by atoms with Gasteiger partial charge in [-0.25, -0.2) is 0 Å². The molecule has 15 heavy (non-hydrogen) atoms. The number of hydrogen-bond acceptors (Lipinski definition) is 1. The highest BCUT2D eigenvalue weighted by Crippen LogP contribution is 2.40. The summed E-state index contributed by atoms with van der Waals surface area (Å²) in [7, 11) is 0. The Balaban J connectivity index is 2.26. The first kappa shape index (κ1) is 13.9. The molecule has 0 amide bonds. The molecule has 0 nitrogen and oxygen atoms in total. The minimum absolute atomic E-state index is 0.635. The zero-order valence-corrected chi connectivity index (χ0v) is 12.6. The molecule has 90 valence electrons. The normalized spacial score (nSPS) is 22.6. The van der Waals surface area contributed by atoms with Crippen LogP contribution in [0.15, 0.2) is 0 Å². The summed E-state index contributed by atoms with van der Waals surface area (Å²) in [6.45, 7) is 4.67. The van der Waals surface area contributed by atoms with E-state index in [2.05, 4.69) is 41.5 Å². The van der Waals surface area contributed by atoms with Gasteiger partial charge in [0.1, 0.15) is 0 Å². The van der Waals surface area contributed by atoms with Crippen molar-refractivity contribution in [1.29, 1.82) is 0 Å². The lowest BCUT2D eigenvalue weighted by Crippen LogP contribution is -2.29. The number of hydrogen-bond donors (Lipinski definition) is 0. The second kappa shape index (κ2) is 7.21. The molecule has 1 unspecified atom stereocenters. The van der Waals surface area contributed by atoms with Crippen molar-refractivity contribution in [1.82, 2.24) is 0 Å². The first-order chi connectivity index (χ1) is 7.22. The maximum Gasteiger partial charge on any atom is 0.00958 e. The van der Waals surface area contributed by atoms with Crippen LogP contribution in [0.3, 0.4) is 0 Å². The third-order valence-electron chi connectivity index (χ3n) is 3.71. The van der Waals surface area contributed by atoms with Crippen molar-refractivity contribution < 1.29 is 0 Å². The van der Waals surface area contributed by atoms with Crippen LogP contribution >= 0.6 is 27.7 Å². The molecule has 0 aromatic rings. The Bertz CT molecular complexity index is 164. The lowest BCUT2D eigenvalue weighted by atomic mass is 9.77. The van der Waals surface area contributed by atoms with E-state index in [0.29, 0.717) is 5.41 Å². The molecule has 1 aliphatic carbocycles. The van der Waals surface area contributed by atoms with Crippen LogP contribution in [0.25, 0.3) is 0 Å². The van der Waals surface area contributed by atoms with Crippen molar-refractivity contribution in [3.63, 3.8) is 0 Å². The van der Waals surface area contributed by atoms with E-state index in [-0.39, 0.29) is 0 Å². The van der Waals surface area contributed by atoms with E-state index in [0.717, 1.165) is 5.92 Å². The molecule has 0 aliphatic heterocycles. The monoisotopic (exact) mass is 292 g/mol. The molecule has 1 rings (SSSR count). The average molecular weight is 293 g/mol. The van der Waals surface area contributed by atoms with Gasteiger partial charge in [-0.15, -0.1) is 0 Å². The lowest BCUT2D eigenvalue weighted by molar-refractivity contribution is 0.260. The van der Waals surface area contributed by atoms with E-state index in [1.54, 1.807) is 0 Å². The third-order valence-corrected chi connectivity index (χ3v) is 6.52. The predicted molar refractivity (Wildman–Crippen MR) is 76.1 cm³/mol. The van der Waals surface area contributed by atoms with Gasteiger partial charge in [-0.3, -0.25) is 0 Å². The molecule has 0 heterocycles. The van der Waals surface area contributed by atoms with E-state index in [9.17, 15) is 0 Å². The molecule has 0 spiro atoms. The Morgan fingerprint density at radius 2 is 1.93 bits per heavy atom. The average Bonchev–Trinajstić information content (AvgIpc) is 2.30. The van der Waals surface area contributed by atoms with Gasteiger partial charge in [-0.05, 0) is 35.7 Å². The quantitative estimate of drug-likeness (QED) is 0.613. The smallest absolute Gasteiger partial charge is 0.00958 e. The Morgan fingerprint density at radius 3 is 2.47 bits per heavy atom. The molecule has 1 atom stereocenters. The standard InChI is InChI=1S/C13H25BrS/c1-3-12(2)9-15-11-13(10-14)7-5-4-6-8-13/h12H,3-11H2,1-2H3. The summed E-state index contributed by atoms with van der Waals surface area (Å²) >= 11 is 5.92. The summed E-state index contributed by atoms with van der Waals surface area (Å²) in [5.41, 5.74) is 0.635. The van der Waals surface area contributed by atoms with Crippen molar-refractivity contribution in [2.45, 2.75) is 52.4 Å². The summed E-state index contributed by atoms with van der Waals surface area (Å²) in [6, 6.07) is 0. The van der Waals surface area contributed by atoms with Crippen LogP contribution in [0.1, 0.15) is 52.4 Å². The van der Waals surface area contributed by atoms with Gasteiger partial charge in [0.25, 0.3) is 0 Å². The molecular weight excluding hydrogens is 268 g/mol. The van der Waals surface area contributed by atoms with Gasteiger partial charge in [-0.1, -0.05) is 55.5 Å². The number of thioether (sulfide) groups is 1. The molecule has 0 N–H and O–H groups in total. The largest absolute Gasteiger partial charge is 0.161 e. The van der Waals surface area contributed by atoms with Gasteiger partial charge in [0.05, 0.1) is 0 Å². The molecule has 0 radical (unpaired) electrons. The van der Waals surface area contributed by atoms with E-state index in [1.807, 2.05) is 0 Å². The topological polar surface area (TPSA) is 0 Å². The van der Waals surface area contributed by atoms with Gasteiger partial charge in [0, 0.05) is 5.33 Å². The van der Waals surface area contributed by atoms with Gasteiger partial charge in [0.2, 0.25) is 0 Å². The number of alkyl halides is 1. The highest BCUT2D eigenvalue weighted by atomic mass is 79.9. The summed E-state index contributed by atoms with van der Waals surface area (Å²) in [4.78, 5) is 0. The Labute approximate surface area is 108 Å². The van der Waals surface area contributed by atoms with Crippen molar-refractivity contribution >= 4 is 27.7 Å². The van der Waals surface area contributed by atoms with Crippen LogP contribution in [0.4, 0.5) is 0 Å². The highest BCUT2D eigenvalue weighted by Gasteiger charge is 2.30. The molecule has 2 heteroatoms. The SMILES string of the molecule is CCC(C)CSCC1(CBr)CCCCC1. The second-order valence-corrected chi connectivity index (χ2v) is 6.81. The van der Waals surface area contributed by atoms with Crippen molar-refractivity contribution in [3.05, 3.63) is 0 Å². The fourth-order valence-electron chi connectivity index (χ4n) is 2.21. The molecular formula is C13H25BrS. The fourth-order valence-corrected chi connectivity index (χ4v) is 4.81. The Morgan fingerprint density at radius 1 is 1.27 bits per heavy atom. The fraction of sp³-hybridized carbons (Fsp3) is 1.00.